The van der Waals surface area contributed by atoms with Crippen LogP contribution in [0.2, 0.25) is 0 Å². The van der Waals surface area contributed by atoms with Crippen LogP contribution < -0.4 is 20.1 Å². The molecule has 1 aromatic heterocycles. The Balaban J connectivity index is 1.70. The molecule has 3 rings (SSSR count). The van der Waals surface area contributed by atoms with Crippen LogP contribution in [0.15, 0.2) is 48.8 Å². The van der Waals surface area contributed by atoms with Gasteiger partial charge in [0.15, 0.2) is 11.5 Å². The Labute approximate surface area is 159 Å². The summed E-state index contributed by atoms with van der Waals surface area (Å²) in [5.41, 5.74) is 0.582. The van der Waals surface area contributed by atoms with Crippen LogP contribution in [0.1, 0.15) is 10.5 Å². The van der Waals surface area contributed by atoms with Gasteiger partial charge in [-0.05, 0) is 24.3 Å². The first-order chi connectivity index (χ1) is 13.5. The SMILES string of the molecule is COc1ccc(NC(=O)c2cnc(Nc3ccc(F)cc3F)cn2)cc1OC. The van der Waals surface area contributed by atoms with Crippen LogP contribution in [-0.4, -0.2) is 30.1 Å². The zero-order valence-electron chi connectivity index (χ0n) is 15.0. The molecule has 0 saturated carbocycles. The van der Waals surface area contributed by atoms with Gasteiger partial charge in [0.1, 0.15) is 23.1 Å². The summed E-state index contributed by atoms with van der Waals surface area (Å²) in [4.78, 5) is 20.3. The van der Waals surface area contributed by atoms with E-state index in [0.29, 0.717) is 17.2 Å². The number of hydrogen-bond donors (Lipinski definition) is 2. The van der Waals surface area contributed by atoms with Crippen LogP contribution in [0.25, 0.3) is 0 Å². The number of ether oxygens (including phenoxy) is 2. The van der Waals surface area contributed by atoms with Gasteiger partial charge in [0.05, 0.1) is 32.3 Å². The van der Waals surface area contributed by atoms with E-state index in [0.717, 1.165) is 12.1 Å². The predicted molar refractivity (Wildman–Crippen MR) is 99.2 cm³/mol. The second-order valence-electron chi connectivity index (χ2n) is 5.56. The molecule has 0 unspecified atom stereocenters. The van der Waals surface area contributed by atoms with E-state index in [4.69, 9.17) is 9.47 Å². The van der Waals surface area contributed by atoms with Crippen LogP contribution >= 0.6 is 0 Å². The topological polar surface area (TPSA) is 85.4 Å². The van der Waals surface area contributed by atoms with E-state index in [1.54, 1.807) is 18.2 Å². The number of nitrogens with zero attached hydrogens (tertiary/aromatic N) is 2. The highest BCUT2D eigenvalue weighted by Crippen LogP contribution is 2.29. The fourth-order valence-corrected chi connectivity index (χ4v) is 2.35. The number of aromatic nitrogens is 2. The Morgan fingerprint density at radius 1 is 0.964 bits per heavy atom. The molecular weight excluding hydrogens is 370 g/mol. The third kappa shape index (κ3) is 4.32. The number of anilines is 3. The number of hydrogen-bond acceptors (Lipinski definition) is 6. The monoisotopic (exact) mass is 386 g/mol. The highest BCUT2D eigenvalue weighted by atomic mass is 19.1. The normalized spacial score (nSPS) is 10.3. The lowest BCUT2D eigenvalue weighted by Gasteiger charge is -2.10. The lowest BCUT2D eigenvalue weighted by atomic mass is 10.2. The molecule has 9 heteroatoms. The third-order valence-electron chi connectivity index (χ3n) is 3.72. The maximum Gasteiger partial charge on any atom is 0.275 e. The molecule has 7 nitrogen and oxygen atoms in total. The number of methoxy groups -OCH3 is 2. The van der Waals surface area contributed by atoms with E-state index < -0.39 is 17.5 Å². The van der Waals surface area contributed by atoms with Crippen LogP contribution in [-0.2, 0) is 0 Å². The predicted octanol–water partition coefficient (Wildman–Crippen LogP) is 3.77. The minimum Gasteiger partial charge on any atom is -0.493 e. The number of nitrogens with one attached hydrogen (secondary N) is 2. The Hall–Kier alpha value is -3.75. The first-order valence-electron chi connectivity index (χ1n) is 8.07. The van der Waals surface area contributed by atoms with Gasteiger partial charge in [0.25, 0.3) is 5.91 Å². The number of benzene rings is 2. The van der Waals surface area contributed by atoms with Gasteiger partial charge >= 0.3 is 0 Å². The fourth-order valence-electron chi connectivity index (χ4n) is 2.35. The highest BCUT2D eigenvalue weighted by molar-refractivity contribution is 6.02. The Kier molecular flexibility index (Phi) is 5.64. The smallest absolute Gasteiger partial charge is 0.275 e. The largest absolute Gasteiger partial charge is 0.493 e. The average Bonchev–Trinajstić information content (AvgIpc) is 2.70. The summed E-state index contributed by atoms with van der Waals surface area (Å²) in [6, 6.07) is 8.02. The summed E-state index contributed by atoms with van der Waals surface area (Å²) >= 11 is 0. The van der Waals surface area contributed by atoms with E-state index in [-0.39, 0.29) is 17.2 Å². The van der Waals surface area contributed by atoms with Gasteiger partial charge in [-0.25, -0.2) is 18.7 Å². The van der Waals surface area contributed by atoms with Crippen LogP contribution in [0.5, 0.6) is 11.5 Å². The minimum atomic E-state index is -0.767. The average molecular weight is 386 g/mol. The molecule has 0 radical (unpaired) electrons. The molecule has 28 heavy (non-hydrogen) atoms. The minimum absolute atomic E-state index is 0.0400. The van der Waals surface area contributed by atoms with Gasteiger partial charge in [-0.3, -0.25) is 4.79 Å². The van der Waals surface area contributed by atoms with Crippen molar-refractivity contribution in [3.8, 4) is 11.5 Å². The molecule has 2 aromatic carbocycles. The number of carbonyl (C=O) groups excluding carboxylic acids is 1. The molecule has 0 aliphatic rings. The van der Waals surface area contributed by atoms with Crippen molar-refractivity contribution >= 4 is 23.1 Å². The summed E-state index contributed by atoms with van der Waals surface area (Å²) in [6.07, 6.45) is 2.51. The van der Waals surface area contributed by atoms with Crippen molar-refractivity contribution in [1.29, 1.82) is 0 Å². The molecule has 0 bridgehead atoms. The van der Waals surface area contributed by atoms with E-state index in [1.165, 1.54) is 32.7 Å². The molecule has 0 fully saturated rings. The zero-order chi connectivity index (χ0) is 20.1. The second-order valence-corrected chi connectivity index (χ2v) is 5.56. The van der Waals surface area contributed by atoms with E-state index in [1.807, 2.05) is 0 Å². The molecule has 0 atom stereocenters. The standard InChI is InChI=1S/C19H16F2N4O3/c1-27-16-6-4-12(8-17(16)28-2)24-19(26)15-9-23-18(10-22-15)25-14-5-3-11(20)7-13(14)21/h3-10H,1-2H3,(H,23,25)(H,24,26). The highest BCUT2D eigenvalue weighted by Gasteiger charge is 2.12. The molecular formula is C19H16F2N4O3. The van der Waals surface area contributed by atoms with E-state index in [9.17, 15) is 13.6 Å². The molecule has 2 N–H and O–H groups in total. The van der Waals surface area contributed by atoms with Gasteiger partial charge in [-0.2, -0.15) is 0 Å². The van der Waals surface area contributed by atoms with Gasteiger partial charge in [0, 0.05) is 17.8 Å². The molecule has 1 amide bonds. The lowest BCUT2D eigenvalue weighted by Crippen LogP contribution is -2.14. The van der Waals surface area contributed by atoms with Gasteiger partial charge < -0.3 is 20.1 Å². The number of halogens is 2. The van der Waals surface area contributed by atoms with Crippen molar-refractivity contribution < 1.29 is 23.0 Å². The second kappa shape index (κ2) is 8.30. The molecule has 3 aromatic rings. The molecule has 0 saturated heterocycles. The van der Waals surface area contributed by atoms with Gasteiger partial charge in [0.2, 0.25) is 0 Å². The van der Waals surface area contributed by atoms with Crippen molar-refractivity contribution in [2.75, 3.05) is 24.9 Å². The third-order valence-corrected chi connectivity index (χ3v) is 3.72. The molecule has 0 aliphatic heterocycles. The van der Waals surface area contributed by atoms with Crippen molar-refractivity contribution in [2.24, 2.45) is 0 Å². The summed E-state index contributed by atoms with van der Waals surface area (Å²) in [5, 5.41) is 5.34. The maximum atomic E-state index is 13.7. The lowest BCUT2D eigenvalue weighted by molar-refractivity contribution is 0.102. The first kappa shape index (κ1) is 19.0. The molecule has 144 valence electrons. The molecule has 0 spiro atoms. The van der Waals surface area contributed by atoms with Gasteiger partial charge in [-0.15, -0.1) is 0 Å². The molecule has 1 heterocycles. The van der Waals surface area contributed by atoms with Crippen molar-refractivity contribution in [2.45, 2.75) is 0 Å². The quantitative estimate of drug-likeness (QED) is 0.671. The van der Waals surface area contributed by atoms with Crippen LogP contribution in [0, 0.1) is 11.6 Å². The van der Waals surface area contributed by atoms with Crippen LogP contribution in [0.3, 0.4) is 0 Å². The Morgan fingerprint density at radius 3 is 2.39 bits per heavy atom. The first-order valence-corrected chi connectivity index (χ1v) is 8.07. The summed E-state index contributed by atoms with van der Waals surface area (Å²) in [5.74, 6) is -0.739. The Morgan fingerprint density at radius 2 is 1.75 bits per heavy atom. The van der Waals surface area contributed by atoms with Crippen molar-refractivity contribution in [3.05, 3.63) is 66.1 Å². The van der Waals surface area contributed by atoms with Crippen LogP contribution in [0.4, 0.5) is 26.0 Å². The van der Waals surface area contributed by atoms with E-state index in [2.05, 4.69) is 20.6 Å². The zero-order valence-corrected chi connectivity index (χ0v) is 15.0. The Bertz CT molecular complexity index is 997. The van der Waals surface area contributed by atoms with Gasteiger partial charge in [-0.1, -0.05) is 0 Å². The molecule has 0 aliphatic carbocycles. The number of rotatable bonds is 6. The summed E-state index contributed by atoms with van der Waals surface area (Å²) < 4.78 is 36.9. The van der Waals surface area contributed by atoms with Crippen molar-refractivity contribution in [1.82, 2.24) is 9.97 Å². The van der Waals surface area contributed by atoms with Crippen molar-refractivity contribution in [3.63, 3.8) is 0 Å². The summed E-state index contributed by atoms with van der Waals surface area (Å²) in [7, 11) is 3.00. The summed E-state index contributed by atoms with van der Waals surface area (Å²) in [6.45, 7) is 0. The number of amides is 1. The number of carbonyl (C=O) groups is 1. The van der Waals surface area contributed by atoms with E-state index >= 15 is 0 Å². The maximum absolute atomic E-state index is 13.7. The fraction of sp³-hybridized carbons (Fsp3) is 0.105.